The number of pyridine rings is 1. The molecule has 0 atom stereocenters. The molecule has 112 valence electrons. The first kappa shape index (κ1) is 16.1. The Balaban J connectivity index is 1.74. The van der Waals surface area contributed by atoms with Crippen LogP contribution in [0.5, 0.6) is 0 Å². The van der Waals surface area contributed by atoms with Gasteiger partial charge in [0.1, 0.15) is 0 Å². The van der Waals surface area contributed by atoms with E-state index in [9.17, 15) is 0 Å². The Morgan fingerprint density at radius 3 is 2.33 bits per heavy atom. The van der Waals surface area contributed by atoms with Crippen molar-refractivity contribution >= 4 is 11.8 Å². The molecule has 0 aliphatic rings. The van der Waals surface area contributed by atoms with Gasteiger partial charge in [0.25, 0.3) is 0 Å². The summed E-state index contributed by atoms with van der Waals surface area (Å²) in [5.74, 6) is 1.11. The summed E-state index contributed by atoms with van der Waals surface area (Å²) in [6.45, 7) is 4.28. The van der Waals surface area contributed by atoms with E-state index in [-0.39, 0.29) is 0 Å². The average Bonchev–Trinajstić information content (AvgIpc) is 2.51. The molecule has 2 rings (SSSR count). The van der Waals surface area contributed by atoms with Gasteiger partial charge in [-0.05, 0) is 55.5 Å². The summed E-state index contributed by atoms with van der Waals surface area (Å²) in [5.41, 5.74) is 3.88. The van der Waals surface area contributed by atoms with Crippen molar-refractivity contribution in [1.82, 2.24) is 4.98 Å². The van der Waals surface area contributed by atoms with Gasteiger partial charge < -0.3 is 0 Å². The second-order valence-corrected chi connectivity index (χ2v) is 6.68. The van der Waals surface area contributed by atoms with Crippen LogP contribution in [0.25, 0.3) is 0 Å². The molecule has 0 bridgehead atoms. The highest BCUT2D eigenvalue weighted by molar-refractivity contribution is 7.99. The van der Waals surface area contributed by atoms with Crippen LogP contribution in [0.3, 0.4) is 0 Å². The zero-order chi connectivity index (χ0) is 14.9. The maximum atomic E-state index is 4.34. The number of rotatable bonds is 8. The number of nitrogens with zero attached hydrogens (tertiary/aromatic N) is 1. The van der Waals surface area contributed by atoms with Crippen LogP contribution in [-0.4, -0.2) is 10.7 Å². The fourth-order valence-corrected chi connectivity index (χ4v) is 3.17. The highest BCUT2D eigenvalue weighted by Gasteiger charge is 1.98. The number of unbranched alkanes of at least 4 members (excludes halogenated alkanes) is 2. The zero-order valence-corrected chi connectivity index (χ0v) is 14.0. The summed E-state index contributed by atoms with van der Waals surface area (Å²) in [6.07, 6.45) is 8.23. The van der Waals surface area contributed by atoms with Crippen LogP contribution in [0, 0.1) is 6.92 Å². The fraction of sp³-hybridized carbons (Fsp3) is 0.421. The molecule has 0 fully saturated rings. The number of aryl methyl sites for hydroxylation is 3. The molecular weight excluding hydrogens is 274 g/mol. The van der Waals surface area contributed by atoms with Crippen molar-refractivity contribution in [3.8, 4) is 0 Å². The third-order valence-corrected chi connectivity index (χ3v) is 4.64. The van der Waals surface area contributed by atoms with Gasteiger partial charge in [0.15, 0.2) is 0 Å². The molecule has 0 spiro atoms. The normalized spacial score (nSPS) is 10.8. The predicted octanol–water partition coefficient (Wildman–Crippen LogP) is 5.46. The lowest BCUT2D eigenvalue weighted by atomic mass is 10.1. The summed E-state index contributed by atoms with van der Waals surface area (Å²) >= 11 is 1.93. The van der Waals surface area contributed by atoms with Gasteiger partial charge in [-0.1, -0.05) is 38.0 Å². The van der Waals surface area contributed by atoms with E-state index in [0.717, 1.165) is 17.9 Å². The van der Waals surface area contributed by atoms with Crippen molar-refractivity contribution in [2.45, 2.75) is 50.8 Å². The van der Waals surface area contributed by atoms with Crippen LogP contribution in [0.2, 0.25) is 0 Å². The maximum absolute atomic E-state index is 4.34. The zero-order valence-electron chi connectivity index (χ0n) is 13.1. The van der Waals surface area contributed by atoms with Crippen molar-refractivity contribution in [2.75, 3.05) is 5.75 Å². The monoisotopic (exact) mass is 299 g/mol. The number of hydrogen-bond acceptors (Lipinski definition) is 2. The lowest BCUT2D eigenvalue weighted by Crippen LogP contribution is -1.91. The van der Waals surface area contributed by atoms with Crippen LogP contribution in [-0.2, 0) is 12.8 Å². The molecule has 0 aliphatic carbocycles. The van der Waals surface area contributed by atoms with Crippen LogP contribution in [0.1, 0.15) is 43.0 Å². The van der Waals surface area contributed by atoms with Gasteiger partial charge in [-0.15, -0.1) is 11.8 Å². The van der Waals surface area contributed by atoms with Crippen LogP contribution >= 0.6 is 11.8 Å². The number of hydrogen-bond donors (Lipinski definition) is 0. The minimum Gasteiger partial charge on any atom is -0.261 e. The van der Waals surface area contributed by atoms with Crippen molar-refractivity contribution in [1.29, 1.82) is 0 Å². The van der Waals surface area contributed by atoms with E-state index in [1.807, 2.05) is 24.9 Å². The van der Waals surface area contributed by atoms with Crippen molar-refractivity contribution < 1.29 is 0 Å². The van der Waals surface area contributed by atoms with Gasteiger partial charge in [-0.25, -0.2) is 0 Å². The number of aromatic nitrogens is 1. The van der Waals surface area contributed by atoms with Gasteiger partial charge in [-0.2, -0.15) is 0 Å². The summed E-state index contributed by atoms with van der Waals surface area (Å²) < 4.78 is 0. The SMILES string of the molecule is CCCCCc1ccc(SCCc2ccc(C)nc2)cc1. The van der Waals surface area contributed by atoms with E-state index in [4.69, 9.17) is 0 Å². The third-order valence-electron chi connectivity index (χ3n) is 3.62. The number of thioether (sulfide) groups is 1. The van der Waals surface area contributed by atoms with Gasteiger partial charge in [0.2, 0.25) is 0 Å². The van der Waals surface area contributed by atoms with E-state index in [1.54, 1.807) is 0 Å². The third kappa shape index (κ3) is 5.92. The lowest BCUT2D eigenvalue weighted by molar-refractivity contribution is 0.717. The van der Waals surface area contributed by atoms with Gasteiger partial charge in [0.05, 0.1) is 0 Å². The molecule has 1 aromatic heterocycles. The fourth-order valence-electron chi connectivity index (χ4n) is 2.26. The molecular formula is C19H25NS. The minimum atomic E-state index is 1.08. The molecule has 0 radical (unpaired) electrons. The van der Waals surface area contributed by atoms with E-state index in [2.05, 4.69) is 48.3 Å². The van der Waals surface area contributed by atoms with Gasteiger partial charge in [0, 0.05) is 22.5 Å². The molecule has 2 heteroatoms. The predicted molar refractivity (Wildman–Crippen MR) is 93.1 cm³/mol. The van der Waals surface area contributed by atoms with Crippen molar-refractivity contribution in [3.05, 3.63) is 59.4 Å². The highest BCUT2D eigenvalue weighted by atomic mass is 32.2. The molecule has 21 heavy (non-hydrogen) atoms. The molecule has 0 saturated heterocycles. The molecule has 2 aromatic rings. The second-order valence-electron chi connectivity index (χ2n) is 5.51. The molecule has 0 N–H and O–H groups in total. The lowest BCUT2D eigenvalue weighted by Gasteiger charge is -2.05. The molecule has 1 heterocycles. The second kappa shape index (κ2) is 8.89. The average molecular weight is 299 g/mol. The smallest absolute Gasteiger partial charge is 0.0372 e. The Kier molecular flexibility index (Phi) is 6.81. The number of benzene rings is 1. The summed E-state index contributed by atoms with van der Waals surface area (Å²) in [4.78, 5) is 5.71. The molecule has 0 aliphatic heterocycles. The Bertz CT molecular complexity index is 516. The topological polar surface area (TPSA) is 12.9 Å². The molecule has 0 unspecified atom stereocenters. The van der Waals surface area contributed by atoms with Crippen LogP contribution in [0.15, 0.2) is 47.5 Å². The Morgan fingerprint density at radius 2 is 1.67 bits per heavy atom. The molecule has 0 saturated carbocycles. The van der Waals surface area contributed by atoms with Crippen LogP contribution < -0.4 is 0 Å². The summed E-state index contributed by atoms with van der Waals surface area (Å²) in [6, 6.07) is 13.4. The molecule has 1 nitrogen and oxygen atoms in total. The first-order valence-corrected chi connectivity index (χ1v) is 8.90. The van der Waals surface area contributed by atoms with E-state index in [1.165, 1.54) is 41.7 Å². The van der Waals surface area contributed by atoms with Crippen LogP contribution in [0.4, 0.5) is 0 Å². The van der Waals surface area contributed by atoms with Crippen molar-refractivity contribution in [3.63, 3.8) is 0 Å². The van der Waals surface area contributed by atoms with Gasteiger partial charge in [-0.3, -0.25) is 4.98 Å². The first-order chi connectivity index (χ1) is 10.3. The minimum absolute atomic E-state index is 1.08. The van der Waals surface area contributed by atoms with E-state index < -0.39 is 0 Å². The molecule has 1 aromatic carbocycles. The Labute approximate surface area is 133 Å². The molecule has 0 amide bonds. The summed E-state index contributed by atoms with van der Waals surface area (Å²) in [5, 5.41) is 0. The van der Waals surface area contributed by atoms with Gasteiger partial charge >= 0.3 is 0 Å². The summed E-state index contributed by atoms with van der Waals surface area (Å²) in [7, 11) is 0. The standard InChI is InChI=1S/C19H25NS/c1-3-4-5-6-17-9-11-19(12-10-17)21-14-13-18-8-7-16(2)20-15-18/h7-12,15H,3-6,13-14H2,1-2H3. The maximum Gasteiger partial charge on any atom is 0.0372 e. The largest absolute Gasteiger partial charge is 0.261 e. The van der Waals surface area contributed by atoms with E-state index in [0.29, 0.717) is 0 Å². The Hall–Kier alpha value is -1.28. The van der Waals surface area contributed by atoms with E-state index >= 15 is 0 Å². The first-order valence-electron chi connectivity index (χ1n) is 7.91. The highest BCUT2D eigenvalue weighted by Crippen LogP contribution is 2.20. The van der Waals surface area contributed by atoms with Crippen molar-refractivity contribution in [2.24, 2.45) is 0 Å². The quantitative estimate of drug-likeness (QED) is 0.474. The Morgan fingerprint density at radius 1 is 0.905 bits per heavy atom.